The van der Waals surface area contributed by atoms with Crippen molar-refractivity contribution >= 4 is 40.6 Å². The van der Waals surface area contributed by atoms with Gasteiger partial charge in [-0.25, -0.2) is 9.69 Å². The molecular weight excluding hydrogens is 402 g/mol. The molecule has 0 spiro atoms. The number of ether oxygens (including phenoxy) is 1. The van der Waals surface area contributed by atoms with E-state index < -0.39 is 12.1 Å². The summed E-state index contributed by atoms with van der Waals surface area (Å²) in [5, 5.41) is 8.57. The van der Waals surface area contributed by atoms with Gasteiger partial charge in [-0.1, -0.05) is 37.6 Å². The SMILES string of the molecule is CCCCc1ccc(N2C(=O)S/C(=C/c3ccc(OC(C)C(=O)O)cc3)C2=O)cc1. The van der Waals surface area contributed by atoms with Gasteiger partial charge in [0.15, 0.2) is 6.10 Å². The lowest BCUT2D eigenvalue weighted by Gasteiger charge is -2.13. The monoisotopic (exact) mass is 425 g/mol. The number of nitrogens with zero attached hydrogens (tertiary/aromatic N) is 1. The highest BCUT2D eigenvalue weighted by molar-refractivity contribution is 8.19. The van der Waals surface area contributed by atoms with Crippen molar-refractivity contribution in [1.29, 1.82) is 0 Å². The zero-order valence-electron chi connectivity index (χ0n) is 16.8. The minimum atomic E-state index is -1.05. The molecule has 1 fully saturated rings. The molecule has 0 aromatic heterocycles. The number of carboxylic acids is 1. The molecule has 1 unspecified atom stereocenters. The fraction of sp³-hybridized carbons (Fsp3) is 0.261. The molecule has 2 amide bonds. The molecule has 3 rings (SSSR count). The first-order chi connectivity index (χ1) is 14.4. The minimum absolute atomic E-state index is 0.331. The fourth-order valence-electron chi connectivity index (χ4n) is 2.93. The number of hydrogen-bond donors (Lipinski definition) is 1. The summed E-state index contributed by atoms with van der Waals surface area (Å²) in [7, 11) is 0. The third-order valence-corrected chi connectivity index (χ3v) is 5.52. The number of hydrogen-bond acceptors (Lipinski definition) is 5. The maximum atomic E-state index is 12.8. The second kappa shape index (κ2) is 9.63. The molecule has 1 N–H and O–H groups in total. The Kier molecular flexibility index (Phi) is 6.95. The predicted octanol–water partition coefficient (Wildman–Crippen LogP) is 5.12. The van der Waals surface area contributed by atoms with Crippen molar-refractivity contribution in [2.75, 3.05) is 4.90 Å². The number of aliphatic carboxylic acids is 1. The summed E-state index contributed by atoms with van der Waals surface area (Å²) >= 11 is 0.898. The van der Waals surface area contributed by atoms with Gasteiger partial charge in [0.2, 0.25) is 0 Å². The van der Waals surface area contributed by atoms with Gasteiger partial charge in [0.05, 0.1) is 10.6 Å². The zero-order valence-corrected chi connectivity index (χ0v) is 17.6. The van der Waals surface area contributed by atoms with Crippen molar-refractivity contribution < 1.29 is 24.2 Å². The number of unbranched alkanes of at least 4 members (excludes halogenated alkanes) is 1. The van der Waals surface area contributed by atoms with Gasteiger partial charge in [-0.05, 0) is 73.0 Å². The molecule has 30 heavy (non-hydrogen) atoms. The van der Waals surface area contributed by atoms with Crippen molar-refractivity contribution in [1.82, 2.24) is 0 Å². The van der Waals surface area contributed by atoms with Gasteiger partial charge >= 0.3 is 5.97 Å². The highest BCUT2D eigenvalue weighted by Gasteiger charge is 2.36. The van der Waals surface area contributed by atoms with Crippen LogP contribution in [0.5, 0.6) is 5.75 Å². The number of carbonyl (C=O) groups excluding carboxylic acids is 2. The Bertz CT molecular complexity index is 966. The number of carbonyl (C=O) groups is 3. The molecule has 1 aliphatic heterocycles. The van der Waals surface area contributed by atoms with Crippen molar-refractivity contribution in [2.24, 2.45) is 0 Å². The molecule has 0 radical (unpaired) electrons. The third kappa shape index (κ3) is 5.10. The summed E-state index contributed by atoms with van der Waals surface area (Å²) in [6, 6.07) is 14.2. The van der Waals surface area contributed by atoms with Crippen LogP contribution in [0.2, 0.25) is 0 Å². The number of benzene rings is 2. The highest BCUT2D eigenvalue weighted by atomic mass is 32.2. The van der Waals surface area contributed by atoms with Crippen LogP contribution in [0.25, 0.3) is 6.08 Å². The Morgan fingerprint density at radius 1 is 1.13 bits per heavy atom. The average molecular weight is 426 g/mol. The van der Waals surface area contributed by atoms with E-state index >= 15 is 0 Å². The summed E-state index contributed by atoms with van der Waals surface area (Å²) in [5.74, 6) is -0.990. The maximum absolute atomic E-state index is 12.8. The minimum Gasteiger partial charge on any atom is -0.479 e. The molecule has 7 heteroatoms. The molecule has 156 valence electrons. The Labute approximate surface area is 179 Å². The Hall–Kier alpha value is -3.06. The Morgan fingerprint density at radius 2 is 1.80 bits per heavy atom. The van der Waals surface area contributed by atoms with Gasteiger partial charge in [-0.3, -0.25) is 9.59 Å². The van der Waals surface area contributed by atoms with Crippen molar-refractivity contribution in [3.05, 3.63) is 64.6 Å². The third-order valence-electron chi connectivity index (χ3n) is 4.65. The van der Waals surface area contributed by atoms with Gasteiger partial charge in [0.1, 0.15) is 5.75 Å². The van der Waals surface area contributed by atoms with Crippen LogP contribution in [0, 0.1) is 0 Å². The molecule has 0 saturated carbocycles. The molecule has 2 aromatic carbocycles. The van der Waals surface area contributed by atoms with Crippen LogP contribution in [0.3, 0.4) is 0 Å². The fourth-order valence-corrected chi connectivity index (χ4v) is 3.77. The quantitative estimate of drug-likeness (QED) is 0.591. The number of thioether (sulfide) groups is 1. The van der Waals surface area contributed by atoms with Crippen molar-refractivity contribution in [3.63, 3.8) is 0 Å². The van der Waals surface area contributed by atoms with E-state index in [-0.39, 0.29) is 11.1 Å². The second-order valence-electron chi connectivity index (χ2n) is 6.95. The van der Waals surface area contributed by atoms with E-state index in [1.54, 1.807) is 42.5 Å². The van der Waals surface area contributed by atoms with E-state index in [4.69, 9.17) is 9.84 Å². The number of imide groups is 1. The van der Waals surface area contributed by atoms with Gasteiger partial charge in [0, 0.05) is 0 Å². The zero-order chi connectivity index (χ0) is 21.7. The van der Waals surface area contributed by atoms with E-state index in [1.807, 2.05) is 12.1 Å². The van der Waals surface area contributed by atoms with Crippen LogP contribution < -0.4 is 9.64 Å². The molecule has 1 saturated heterocycles. The van der Waals surface area contributed by atoms with Crippen LogP contribution in [-0.4, -0.2) is 28.3 Å². The second-order valence-corrected chi connectivity index (χ2v) is 7.95. The van der Waals surface area contributed by atoms with E-state index in [0.717, 1.165) is 31.0 Å². The van der Waals surface area contributed by atoms with E-state index in [1.165, 1.54) is 17.4 Å². The number of amides is 2. The first kappa shape index (κ1) is 21.6. The number of rotatable bonds is 8. The molecule has 1 heterocycles. The van der Waals surface area contributed by atoms with Crippen LogP contribution in [0.15, 0.2) is 53.4 Å². The van der Waals surface area contributed by atoms with Gasteiger partial charge in [-0.15, -0.1) is 0 Å². The lowest BCUT2D eigenvalue weighted by atomic mass is 10.1. The van der Waals surface area contributed by atoms with Crippen molar-refractivity contribution in [3.8, 4) is 5.75 Å². The van der Waals surface area contributed by atoms with Crippen LogP contribution in [-0.2, 0) is 16.0 Å². The molecule has 0 bridgehead atoms. The standard InChI is InChI=1S/C23H23NO5S/c1-3-4-5-16-6-10-18(11-7-16)24-21(25)20(30-23(24)28)14-17-8-12-19(13-9-17)29-15(2)22(26)27/h6-15H,3-5H2,1-2H3,(H,26,27)/b20-14+. The summed E-state index contributed by atoms with van der Waals surface area (Å²) in [6.45, 7) is 3.58. The smallest absolute Gasteiger partial charge is 0.344 e. The normalized spacial score (nSPS) is 16.2. The summed E-state index contributed by atoms with van der Waals surface area (Å²) in [5.41, 5.74) is 2.46. The lowest BCUT2D eigenvalue weighted by Crippen LogP contribution is -2.27. The summed E-state index contributed by atoms with van der Waals surface area (Å²) < 4.78 is 5.29. The van der Waals surface area contributed by atoms with Crippen molar-refractivity contribution in [2.45, 2.75) is 39.2 Å². The molecule has 0 aliphatic carbocycles. The predicted molar refractivity (Wildman–Crippen MR) is 118 cm³/mol. The van der Waals surface area contributed by atoms with Crippen LogP contribution in [0.1, 0.15) is 37.8 Å². The summed E-state index contributed by atoms with van der Waals surface area (Å²) in [4.78, 5) is 37.6. The summed E-state index contributed by atoms with van der Waals surface area (Å²) in [6.07, 6.45) is 3.87. The Balaban J connectivity index is 1.72. The van der Waals surface area contributed by atoms with Crippen LogP contribution >= 0.6 is 11.8 Å². The van der Waals surface area contributed by atoms with E-state index in [0.29, 0.717) is 21.9 Å². The molecule has 2 aromatic rings. The largest absolute Gasteiger partial charge is 0.479 e. The highest BCUT2D eigenvalue weighted by Crippen LogP contribution is 2.36. The first-order valence-electron chi connectivity index (χ1n) is 9.75. The maximum Gasteiger partial charge on any atom is 0.344 e. The van der Waals surface area contributed by atoms with Crippen LogP contribution in [0.4, 0.5) is 10.5 Å². The van der Waals surface area contributed by atoms with Gasteiger partial charge < -0.3 is 9.84 Å². The average Bonchev–Trinajstić information content (AvgIpc) is 3.01. The van der Waals surface area contributed by atoms with Gasteiger partial charge in [-0.2, -0.15) is 0 Å². The first-order valence-corrected chi connectivity index (χ1v) is 10.6. The lowest BCUT2D eigenvalue weighted by molar-refractivity contribution is -0.144. The van der Waals surface area contributed by atoms with Gasteiger partial charge in [0.25, 0.3) is 11.1 Å². The molecular formula is C23H23NO5S. The number of anilines is 1. The topological polar surface area (TPSA) is 83.9 Å². The Morgan fingerprint density at radius 3 is 2.40 bits per heavy atom. The number of carboxylic acid groups (broad SMARTS) is 1. The van der Waals surface area contributed by atoms with E-state index in [2.05, 4.69) is 6.92 Å². The number of aryl methyl sites for hydroxylation is 1. The van der Waals surface area contributed by atoms with E-state index in [9.17, 15) is 14.4 Å². The molecule has 1 aliphatic rings. The molecule has 6 nitrogen and oxygen atoms in total. The molecule has 1 atom stereocenters.